The van der Waals surface area contributed by atoms with Crippen LogP contribution in [0.5, 0.6) is 0 Å². The molecule has 2 aromatic heterocycles. The van der Waals surface area contributed by atoms with Gasteiger partial charge in [-0.1, -0.05) is 212 Å². The van der Waals surface area contributed by atoms with Crippen LogP contribution in [-0.4, -0.2) is 9.13 Å². The number of hydrogen-bond donors (Lipinski definition) is 0. The molecule has 0 aliphatic rings. The minimum Gasteiger partial charge on any atom is -0.309 e. The Morgan fingerprint density at radius 3 is 0.926 bits per heavy atom. The number of rotatable bonds is 8. The Labute approximate surface area is 395 Å². The van der Waals surface area contributed by atoms with E-state index in [1.54, 1.807) is 0 Å². The van der Waals surface area contributed by atoms with Crippen molar-refractivity contribution in [3.63, 3.8) is 0 Å². The summed E-state index contributed by atoms with van der Waals surface area (Å²) in [5.74, 6) is 0. The quantitative estimate of drug-likeness (QED) is 0.144. The van der Waals surface area contributed by atoms with Gasteiger partial charge >= 0.3 is 0 Å². The van der Waals surface area contributed by atoms with Crippen molar-refractivity contribution in [3.8, 4) is 78.1 Å². The SMILES string of the molecule is c1ccc(-c2ccc(-c3cc(-c4ccc5c6cccc(-c7ccccc7)c6n(-c6ccccc6)c5c4)cc(-c4ccc5c6cccc(-c7ccccc7)c6n(-c6ccccc6)c5c4)c3)cc2)cc1. The Morgan fingerprint density at radius 2 is 0.515 bits per heavy atom. The van der Waals surface area contributed by atoms with Crippen molar-refractivity contribution in [3.05, 3.63) is 267 Å². The monoisotopic (exact) mass is 864 g/mol. The molecule has 0 aliphatic heterocycles. The van der Waals surface area contributed by atoms with Crippen molar-refractivity contribution in [1.82, 2.24) is 9.13 Å². The number of para-hydroxylation sites is 4. The van der Waals surface area contributed by atoms with Gasteiger partial charge in [0.2, 0.25) is 0 Å². The first-order chi connectivity index (χ1) is 33.7. The second-order valence-electron chi connectivity index (χ2n) is 17.7. The van der Waals surface area contributed by atoms with Crippen molar-refractivity contribution in [2.75, 3.05) is 0 Å². The average Bonchev–Trinajstić information content (AvgIpc) is 3.94. The Hall–Kier alpha value is -8.98. The van der Waals surface area contributed by atoms with Crippen LogP contribution in [0.3, 0.4) is 0 Å². The highest BCUT2D eigenvalue weighted by Crippen LogP contribution is 2.43. The fraction of sp³-hybridized carbons (Fsp3) is 0. The number of aromatic nitrogens is 2. The molecule has 2 heteroatoms. The van der Waals surface area contributed by atoms with E-state index in [2.05, 4.69) is 276 Å². The molecule has 0 aliphatic carbocycles. The molecule has 2 nitrogen and oxygen atoms in total. The van der Waals surface area contributed by atoms with Crippen LogP contribution in [0.1, 0.15) is 0 Å². The van der Waals surface area contributed by atoms with E-state index in [0.29, 0.717) is 0 Å². The van der Waals surface area contributed by atoms with Crippen LogP contribution in [0.25, 0.3) is 122 Å². The van der Waals surface area contributed by atoms with Crippen LogP contribution in [0.15, 0.2) is 267 Å². The van der Waals surface area contributed by atoms with Gasteiger partial charge in [0.1, 0.15) is 0 Å². The summed E-state index contributed by atoms with van der Waals surface area (Å²) >= 11 is 0. The maximum absolute atomic E-state index is 2.46. The lowest BCUT2D eigenvalue weighted by Gasteiger charge is -2.14. The van der Waals surface area contributed by atoms with Crippen LogP contribution in [0.4, 0.5) is 0 Å². The molecule has 0 atom stereocenters. The van der Waals surface area contributed by atoms with Crippen LogP contribution in [-0.2, 0) is 0 Å². The molecule has 0 N–H and O–H groups in total. The number of fused-ring (bicyclic) bond motifs is 6. The van der Waals surface area contributed by atoms with Crippen molar-refractivity contribution < 1.29 is 0 Å². The van der Waals surface area contributed by atoms with E-state index in [0.717, 1.165) is 33.6 Å². The van der Waals surface area contributed by atoms with Crippen molar-refractivity contribution in [1.29, 1.82) is 0 Å². The summed E-state index contributed by atoms with van der Waals surface area (Å²) in [7, 11) is 0. The van der Waals surface area contributed by atoms with Crippen molar-refractivity contribution in [2.45, 2.75) is 0 Å². The van der Waals surface area contributed by atoms with Gasteiger partial charge in [-0.15, -0.1) is 0 Å². The fourth-order valence-corrected chi connectivity index (χ4v) is 10.5. The molecule has 318 valence electrons. The lowest BCUT2D eigenvalue weighted by Crippen LogP contribution is -1.96. The maximum atomic E-state index is 2.46. The lowest BCUT2D eigenvalue weighted by atomic mass is 9.92. The largest absolute Gasteiger partial charge is 0.309 e. The maximum Gasteiger partial charge on any atom is 0.0619 e. The number of hydrogen-bond acceptors (Lipinski definition) is 0. The minimum absolute atomic E-state index is 1.14. The third kappa shape index (κ3) is 6.73. The molecular formula is C66H44N2. The summed E-state index contributed by atoms with van der Waals surface area (Å²) in [6.45, 7) is 0. The highest BCUT2D eigenvalue weighted by molar-refractivity contribution is 6.16. The fourth-order valence-electron chi connectivity index (χ4n) is 10.5. The Balaban J connectivity index is 1.04. The Kier molecular flexibility index (Phi) is 9.54. The Morgan fingerprint density at radius 1 is 0.191 bits per heavy atom. The molecule has 11 aromatic carbocycles. The summed E-state index contributed by atoms with van der Waals surface area (Å²) in [5, 5.41) is 4.93. The van der Waals surface area contributed by atoms with Crippen LogP contribution < -0.4 is 0 Å². The van der Waals surface area contributed by atoms with Gasteiger partial charge in [-0.3, -0.25) is 0 Å². The molecule has 0 unspecified atom stereocenters. The molecular weight excluding hydrogens is 821 g/mol. The predicted octanol–water partition coefficient (Wildman–Crippen LogP) is 17.9. The molecule has 0 saturated heterocycles. The molecule has 0 spiro atoms. The molecule has 2 heterocycles. The van der Waals surface area contributed by atoms with E-state index in [1.165, 1.54) is 88.1 Å². The van der Waals surface area contributed by atoms with E-state index in [4.69, 9.17) is 0 Å². The number of benzene rings is 11. The van der Waals surface area contributed by atoms with Crippen molar-refractivity contribution >= 4 is 43.6 Å². The summed E-state index contributed by atoms with van der Waals surface area (Å²) in [6.07, 6.45) is 0. The van der Waals surface area contributed by atoms with Crippen molar-refractivity contribution in [2.24, 2.45) is 0 Å². The molecule has 0 bridgehead atoms. The normalized spacial score (nSPS) is 11.5. The smallest absolute Gasteiger partial charge is 0.0619 e. The standard InChI is InChI=1S/C66H44N2/c1-6-18-45(19-7-1)46-32-34-47(35-33-46)52-40-53(50-36-38-59-61-30-16-28-57(48-20-8-2-9-21-48)65(61)67(63(59)43-50)55-24-12-4-13-25-55)42-54(41-52)51-37-39-60-62-31-17-29-58(49-22-10-3-11-23-49)66(62)68(64(60)44-51)56-26-14-5-15-27-56/h1-44H. The van der Waals surface area contributed by atoms with E-state index >= 15 is 0 Å². The first-order valence-corrected chi connectivity index (χ1v) is 23.4. The summed E-state index contributed by atoms with van der Waals surface area (Å²) in [4.78, 5) is 0. The van der Waals surface area contributed by atoms with Gasteiger partial charge in [0, 0.05) is 44.0 Å². The zero-order valence-corrected chi connectivity index (χ0v) is 37.3. The third-order valence-electron chi connectivity index (χ3n) is 13.7. The summed E-state index contributed by atoms with van der Waals surface area (Å²) in [5.41, 5.74) is 21.3. The van der Waals surface area contributed by atoms with Crippen LogP contribution >= 0.6 is 0 Å². The first-order valence-electron chi connectivity index (χ1n) is 23.4. The molecule has 0 saturated carbocycles. The first kappa shape index (κ1) is 39.4. The second kappa shape index (κ2) is 16.5. The third-order valence-corrected chi connectivity index (χ3v) is 13.7. The topological polar surface area (TPSA) is 9.86 Å². The zero-order chi connectivity index (χ0) is 45.0. The van der Waals surface area contributed by atoms with Gasteiger partial charge in [0.05, 0.1) is 22.1 Å². The second-order valence-corrected chi connectivity index (χ2v) is 17.7. The minimum atomic E-state index is 1.14. The van der Waals surface area contributed by atoms with Gasteiger partial charge in [-0.25, -0.2) is 0 Å². The molecule has 13 rings (SSSR count). The zero-order valence-electron chi connectivity index (χ0n) is 37.3. The lowest BCUT2D eigenvalue weighted by molar-refractivity contribution is 1.18. The van der Waals surface area contributed by atoms with E-state index in [9.17, 15) is 0 Å². The molecule has 0 amide bonds. The van der Waals surface area contributed by atoms with E-state index in [-0.39, 0.29) is 0 Å². The van der Waals surface area contributed by atoms with Gasteiger partial charge in [-0.2, -0.15) is 0 Å². The van der Waals surface area contributed by atoms with E-state index < -0.39 is 0 Å². The highest BCUT2D eigenvalue weighted by atomic mass is 15.0. The summed E-state index contributed by atoms with van der Waals surface area (Å²) in [6, 6.07) is 97.5. The average molecular weight is 865 g/mol. The van der Waals surface area contributed by atoms with Crippen LogP contribution in [0.2, 0.25) is 0 Å². The molecule has 68 heavy (non-hydrogen) atoms. The van der Waals surface area contributed by atoms with E-state index in [1.807, 2.05) is 0 Å². The van der Waals surface area contributed by atoms with Gasteiger partial charge in [-0.05, 0) is 110 Å². The molecule has 0 radical (unpaired) electrons. The number of nitrogens with zero attached hydrogens (tertiary/aromatic N) is 2. The van der Waals surface area contributed by atoms with Gasteiger partial charge in [0.25, 0.3) is 0 Å². The van der Waals surface area contributed by atoms with Gasteiger partial charge in [0.15, 0.2) is 0 Å². The van der Waals surface area contributed by atoms with Gasteiger partial charge < -0.3 is 9.13 Å². The predicted molar refractivity (Wildman–Crippen MR) is 288 cm³/mol. The molecule has 0 fully saturated rings. The summed E-state index contributed by atoms with van der Waals surface area (Å²) < 4.78 is 4.92. The molecule has 13 aromatic rings. The van der Waals surface area contributed by atoms with Crippen LogP contribution in [0, 0.1) is 0 Å². The highest BCUT2D eigenvalue weighted by Gasteiger charge is 2.20. The Bertz CT molecular complexity index is 3740.